The van der Waals surface area contributed by atoms with Gasteiger partial charge in [0.2, 0.25) is 0 Å². The largest absolute Gasteiger partial charge is 0.466 e. The van der Waals surface area contributed by atoms with Crippen molar-refractivity contribution in [2.75, 3.05) is 19.7 Å². The maximum absolute atomic E-state index is 11.8. The lowest BCUT2D eigenvalue weighted by atomic mass is 9.76. The average molecular weight is 197 g/mol. The number of ether oxygens (including phenoxy) is 1. The average Bonchev–Trinajstić information content (AvgIpc) is 2.20. The molecule has 1 N–H and O–H groups in total. The number of hydrogen-bond acceptors (Lipinski definition) is 3. The molecule has 0 radical (unpaired) electrons. The van der Waals surface area contributed by atoms with Gasteiger partial charge in [-0.1, -0.05) is 6.08 Å². The van der Waals surface area contributed by atoms with Crippen molar-refractivity contribution in [3.8, 4) is 0 Å². The van der Waals surface area contributed by atoms with Crippen LogP contribution in [0.3, 0.4) is 0 Å². The summed E-state index contributed by atoms with van der Waals surface area (Å²) in [6.45, 7) is 7.82. The van der Waals surface area contributed by atoms with E-state index in [9.17, 15) is 4.79 Å². The molecule has 0 aromatic rings. The van der Waals surface area contributed by atoms with Crippen molar-refractivity contribution in [1.29, 1.82) is 0 Å². The van der Waals surface area contributed by atoms with Crippen LogP contribution < -0.4 is 5.32 Å². The second-order valence-electron chi connectivity index (χ2n) is 3.74. The van der Waals surface area contributed by atoms with Crippen LogP contribution in [0.2, 0.25) is 0 Å². The minimum absolute atomic E-state index is 0.0543. The summed E-state index contributed by atoms with van der Waals surface area (Å²) in [6, 6.07) is 0. The summed E-state index contributed by atoms with van der Waals surface area (Å²) >= 11 is 0. The van der Waals surface area contributed by atoms with Gasteiger partial charge in [-0.3, -0.25) is 4.79 Å². The van der Waals surface area contributed by atoms with E-state index in [2.05, 4.69) is 11.9 Å². The van der Waals surface area contributed by atoms with Crippen LogP contribution in [0, 0.1) is 5.41 Å². The lowest BCUT2D eigenvalue weighted by Crippen LogP contribution is -2.42. The minimum atomic E-state index is -0.303. The van der Waals surface area contributed by atoms with Crippen LogP contribution in [0.15, 0.2) is 12.7 Å². The number of nitrogens with one attached hydrogen (secondary N) is 1. The fraction of sp³-hybridized carbons (Fsp3) is 0.727. The molecule has 1 rings (SSSR count). The van der Waals surface area contributed by atoms with Crippen LogP contribution >= 0.6 is 0 Å². The van der Waals surface area contributed by atoms with Gasteiger partial charge in [0.25, 0.3) is 0 Å². The molecular formula is C11H19NO2. The molecule has 14 heavy (non-hydrogen) atoms. The molecule has 0 saturated carbocycles. The van der Waals surface area contributed by atoms with Crippen molar-refractivity contribution in [3.05, 3.63) is 12.7 Å². The number of carbonyl (C=O) groups excluding carboxylic acids is 1. The van der Waals surface area contributed by atoms with Crippen LogP contribution in [-0.4, -0.2) is 25.7 Å². The number of piperidine rings is 1. The maximum atomic E-state index is 11.8. The van der Waals surface area contributed by atoms with E-state index < -0.39 is 0 Å². The zero-order valence-corrected chi connectivity index (χ0v) is 8.84. The molecule has 0 aliphatic carbocycles. The standard InChI is InChI=1S/C11H19NO2/c1-3-5-11(10(13)14-4-2)6-8-12-9-7-11/h3,12H,1,4-9H2,2H3. The van der Waals surface area contributed by atoms with E-state index in [1.54, 1.807) is 0 Å². The van der Waals surface area contributed by atoms with Crippen molar-refractivity contribution in [1.82, 2.24) is 5.32 Å². The predicted molar refractivity (Wildman–Crippen MR) is 56.0 cm³/mol. The molecule has 0 amide bonds. The summed E-state index contributed by atoms with van der Waals surface area (Å²) < 4.78 is 5.12. The van der Waals surface area contributed by atoms with Crippen molar-refractivity contribution >= 4 is 5.97 Å². The molecule has 0 spiro atoms. The SMILES string of the molecule is C=CCC1(C(=O)OCC)CCNCC1. The highest BCUT2D eigenvalue weighted by atomic mass is 16.5. The smallest absolute Gasteiger partial charge is 0.312 e. The van der Waals surface area contributed by atoms with Crippen LogP contribution in [0.4, 0.5) is 0 Å². The van der Waals surface area contributed by atoms with E-state index in [1.807, 2.05) is 13.0 Å². The minimum Gasteiger partial charge on any atom is -0.466 e. The lowest BCUT2D eigenvalue weighted by Gasteiger charge is -2.34. The second-order valence-corrected chi connectivity index (χ2v) is 3.74. The summed E-state index contributed by atoms with van der Waals surface area (Å²) in [5, 5.41) is 3.25. The molecule has 1 fully saturated rings. The van der Waals surface area contributed by atoms with E-state index in [1.165, 1.54) is 0 Å². The highest BCUT2D eigenvalue weighted by molar-refractivity contribution is 5.77. The third-order valence-corrected chi connectivity index (χ3v) is 2.80. The molecule has 3 heteroatoms. The number of hydrogen-bond donors (Lipinski definition) is 1. The Bertz CT molecular complexity index is 207. The van der Waals surface area contributed by atoms with Gasteiger partial charge in [0.1, 0.15) is 0 Å². The molecule has 1 saturated heterocycles. The number of esters is 1. The predicted octanol–water partition coefficient (Wildman–Crippen LogP) is 1.50. The first-order valence-electron chi connectivity index (χ1n) is 5.24. The van der Waals surface area contributed by atoms with E-state index in [4.69, 9.17) is 4.74 Å². The Morgan fingerprint density at radius 2 is 2.21 bits per heavy atom. The molecule has 3 nitrogen and oxygen atoms in total. The first-order valence-corrected chi connectivity index (χ1v) is 5.24. The Hall–Kier alpha value is -0.830. The van der Waals surface area contributed by atoms with E-state index in [-0.39, 0.29) is 11.4 Å². The highest BCUT2D eigenvalue weighted by Crippen LogP contribution is 2.34. The normalized spacial score (nSPS) is 20.1. The molecule has 0 bridgehead atoms. The molecule has 0 atom stereocenters. The molecule has 0 aromatic carbocycles. The highest BCUT2D eigenvalue weighted by Gasteiger charge is 2.39. The zero-order chi connectivity index (χ0) is 10.4. The Morgan fingerprint density at radius 1 is 1.57 bits per heavy atom. The lowest BCUT2D eigenvalue weighted by molar-refractivity contribution is -0.157. The topological polar surface area (TPSA) is 38.3 Å². The van der Waals surface area contributed by atoms with Gasteiger partial charge in [-0.2, -0.15) is 0 Å². The quantitative estimate of drug-likeness (QED) is 0.548. The third kappa shape index (κ3) is 2.35. The summed E-state index contributed by atoms with van der Waals surface area (Å²) in [4.78, 5) is 11.8. The van der Waals surface area contributed by atoms with Crippen molar-refractivity contribution in [3.63, 3.8) is 0 Å². The fourth-order valence-corrected chi connectivity index (χ4v) is 1.96. The summed E-state index contributed by atoms with van der Waals surface area (Å²) in [5.74, 6) is -0.0543. The summed E-state index contributed by atoms with van der Waals surface area (Å²) in [5.41, 5.74) is -0.303. The van der Waals surface area contributed by atoms with Crippen molar-refractivity contribution in [2.24, 2.45) is 5.41 Å². The van der Waals surface area contributed by atoms with Gasteiger partial charge in [0.05, 0.1) is 12.0 Å². The summed E-state index contributed by atoms with van der Waals surface area (Å²) in [6.07, 6.45) is 4.27. The van der Waals surface area contributed by atoms with Crippen molar-refractivity contribution < 1.29 is 9.53 Å². The first kappa shape index (κ1) is 11.2. The van der Waals surface area contributed by atoms with Crippen molar-refractivity contribution in [2.45, 2.75) is 26.2 Å². The fourth-order valence-electron chi connectivity index (χ4n) is 1.96. The number of rotatable bonds is 4. The number of carbonyl (C=O) groups is 1. The third-order valence-electron chi connectivity index (χ3n) is 2.80. The van der Waals surface area contributed by atoms with Gasteiger partial charge in [-0.15, -0.1) is 6.58 Å². The van der Waals surface area contributed by atoms with Crippen LogP contribution in [0.5, 0.6) is 0 Å². The van der Waals surface area contributed by atoms with Crippen LogP contribution in [0.25, 0.3) is 0 Å². The Balaban J connectivity index is 2.68. The Labute approximate surface area is 85.5 Å². The first-order chi connectivity index (χ1) is 6.75. The second kappa shape index (κ2) is 5.15. The Morgan fingerprint density at radius 3 is 2.71 bits per heavy atom. The van der Waals surface area contributed by atoms with Crippen LogP contribution in [0.1, 0.15) is 26.2 Å². The molecule has 1 heterocycles. The van der Waals surface area contributed by atoms with Gasteiger partial charge in [0.15, 0.2) is 0 Å². The molecule has 1 aliphatic heterocycles. The maximum Gasteiger partial charge on any atom is 0.312 e. The van der Waals surface area contributed by atoms with Gasteiger partial charge < -0.3 is 10.1 Å². The monoisotopic (exact) mass is 197 g/mol. The molecule has 80 valence electrons. The van der Waals surface area contributed by atoms with Gasteiger partial charge in [0, 0.05) is 0 Å². The van der Waals surface area contributed by atoms with Gasteiger partial charge >= 0.3 is 5.97 Å². The Kier molecular flexibility index (Phi) is 4.14. The van der Waals surface area contributed by atoms with E-state index in [0.717, 1.165) is 32.4 Å². The zero-order valence-electron chi connectivity index (χ0n) is 8.84. The van der Waals surface area contributed by atoms with E-state index >= 15 is 0 Å². The summed E-state index contributed by atoms with van der Waals surface area (Å²) in [7, 11) is 0. The van der Waals surface area contributed by atoms with Crippen LogP contribution in [-0.2, 0) is 9.53 Å². The van der Waals surface area contributed by atoms with Gasteiger partial charge in [-0.25, -0.2) is 0 Å². The van der Waals surface area contributed by atoms with Gasteiger partial charge in [-0.05, 0) is 39.3 Å². The molecule has 0 aromatic heterocycles. The molecule has 0 unspecified atom stereocenters. The molecular weight excluding hydrogens is 178 g/mol. The molecule has 1 aliphatic rings. The number of allylic oxidation sites excluding steroid dienone is 1. The van der Waals surface area contributed by atoms with E-state index in [0.29, 0.717) is 6.61 Å².